The van der Waals surface area contributed by atoms with Gasteiger partial charge in [-0.25, -0.2) is 18.6 Å². The summed E-state index contributed by atoms with van der Waals surface area (Å²) in [5, 5.41) is 12.7. The first-order valence-corrected chi connectivity index (χ1v) is 12.9. The van der Waals surface area contributed by atoms with Gasteiger partial charge in [0.15, 0.2) is 5.82 Å². The molecule has 1 aliphatic rings. The summed E-state index contributed by atoms with van der Waals surface area (Å²) in [5.74, 6) is -2.11. The van der Waals surface area contributed by atoms with E-state index in [9.17, 15) is 23.5 Å². The van der Waals surface area contributed by atoms with E-state index in [4.69, 9.17) is 0 Å². The number of carbonyl (C=O) groups is 1. The Morgan fingerprint density at radius 2 is 1.87 bits per heavy atom. The average Bonchev–Trinajstić information content (AvgIpc) is 3.25. The molecule has 4 heterocycles. The highest BCUT2D eigenvalue weighted by molar-refractivity contribution is 5.88. The number of hydrogen-bond donors (Lipinski definition) is 2. The first kappa shape index (κ1) is 26.6. The fraction of sp³-hybridized carbons (Fsp3) is 0.345. The molecule has 1 aliphatic heterocycles. The standard InChI is InChI=1S/C29H31F2N5O3/c1-16-11-19(29(38)39)12-21(30)27(16)18-6-9-35(10-7-18)17(2)25-13-20-24(5-8-33-28(20)34(25)4)36-15-22(31)23(32-3)14-26(36)37/h5,8,11-15,17-18,32H,6-7,9-10H2,1-4H3,(H,38,39). The zero-order valence-corrected chi connectivity index (χ0v) is 22.3. The molecule has 0 bridgehead atoms. The van der Waals surface area contributed by atoms with Gasteiger partial charge in [-0.1, -0.05) is 0 Å². The van der Waals surface area contributed by atoms with E-state index in [1.165, 1.54) is 16.8 Å². The quantitative estimate of drug-likeness (QED) is 0.361. The van der Waals surface area contributed by atoms with Crippen LogP contribution in [0, 0.1) is 18.6 Å². The number of fused-ring (bicyclic) bond motifs is 1. The number of pyridine rings is 2. The van der Waals surface area contributed by atoms with Crippen LogP contribution >= 0.6 is 0 Å². The third-order valence-corrected chi connectivity index (χ3v) is 7.97. The molecule has 0 radical (unpaired) electrons. The van der Waals surface area contributed by atoms with E-state index < -0.39 is 17.6 Å². The summed E-state index contributed by atoms with van der Waals surface area (Å²) in [7, 11) is 3.49. The molecule has 3 aromatic heterocycles. The smallest absolute Gasteiger partial charge is 0.335 e. The molecular formula is C29H31F2N5O3. The highest BCUT2D eigenvalue weighted by Gasteiger charge is 2.29. The highest BCUT2D eigenvalue weighted by atomic mass is 19.1. The Bertz CT molecular complexity index is 1610. The molecule has 10 heteroatoms. The van der Waals surface area contributed by atoms with Gasteiger partial charge in [0.05, 0.1) is 23.1 Å². The largest absolute Gasteiger partial charge is 0.478 e. The fourth-order valence-electron chi connectivity index (χ4n) is 5.88. The lowest BCUT2D eigenvalue weighted by Gasteiger charge is -2.37. The Morgan fingerprint density at radius 1 is 1.15 bits per heavy atom. The number of aromatic nitrogens is 3. The van der Waals surface area contributed by atoms with Crippen LogP contribution in [0.4, 0.5) is 14.5 Å². The molecule has 1 saturated heterocycles. The van der Waals surface area contributed by atoms with E-state index in [2.05, 4.69) is 22.1 Å². The number of benzene rings is 1. The number of hydrogen-bond acceptors (Lipinski definition) is 5. The summed E-state index contributed by atoms with van der Waals surface area (Å²) in [6.45, 7) is 5.35. The minimum atomic E-state index is -1.13. The molecule has 1 fully saturated rings. The maximum atomic E-state index is 14.9. The van der Waals surface area contributed by atoms with Gasteiger partial charge >= 0.3 is 5.97 Å². The summed E-state index contributed by atoms with van der Waals surface area (Å²) in [4.78, 5) is 30.9. The van der Waals surface area contributed by atoms with E-state index in [0.29, 0.717) is 22.5 Å². The first-order chi connectivity index (χ1) is 18.6. The van der Waals surface area contributed by atoms with Crippen molar-refractivity contribution in [1.29, 1.82) is 0 Å². The van der Waals surface area contributed by atoms with Gasteiger partial charge in [0.2, 0.25) is 0 Å². The third-order valence-electron chi connectivity index (χ3n) is 7.97. The Hall–Kier alpha value is -4.05. The minimum absolute atomic E-state index is 0.0125. The summed E-state index contributed by atoms with van der Waals surface area (Å²) < 4.78 is 32.7. The summed E-state index contributed by atoms with van der Waals surface area (Å²) >= 11 is 0. The second-order valence-electron chi connectivity index (χ2n) is 10.2. The molecular weight excluding hydrogens is 504 g/mol. The molecule has 5 rings (SSSR count). The van der Waals surface area contributed by atoms with Gasteiger partial charge in [0, 0.05) is 43.5 Å². The van der Waals surface area contributed by atoms with E-state index >= 15 is 0 Å². The lowest BCUT2D eigenvalue weighted by Crippen LogP contribution is -2.36. The van der Waals surface area contributed by atoms with Crippen LogP contribution in [0.15, 0.2) is 47.5 Å². The van der Waals surface area contributed by atoms with E-state index in [1.807, 2.05) is 17.7 Å². The SMILES string of the molecule is CNc1cc(=O)n(-c2ccnc3c2cc(C(C)N2CCC(c4c(C)cc(C(=O)O)cc4F)CC2)n3C)cc1F. The number of halogens is 2. The zero-order chi connectivity index (χ0) is 28.0. The molecule has 39 heavy (non-hydrogen) atoms. The minimum Gasteiger partial charge on any atom is -0.478 e. The maximum absolute atomic E-state index is 14.9. The van der Waals surface area contributed by atoms with Crippen molar-refractivity contribution >= 4 is 22.7 Å². The number of carboxylic acid groups (broad SMARTS) is 1. The predicted molar refractivity (Wildman–Crippen MR) is 146 cm³/mol. The van der Waals surface area contributed by atoms with Crippen LogP contribution in [0.3, 0.4) is 0 Å². The molecule has 2 N–H and O–H groups in total. The Morgan fingerprint density at radius 3 is 2.51 bits per heavy atom. The molecule has 1 unspecified atom stereocenters. The van der Waals surface area contributed by atoms with Crippen LogP contribution in [0.2, 0.25) is 0 Å². The van der Waals surface area contributed by atoms with Crippen LogP contribution in [-0.4, -0.2) is 50.2 Å². The third kappa shape index (κ3) is 4.69. The lowest BCUT2D eigenvalue weighted by atomic mass is 9.85. The van der Waals surface area contributed by atoms with Gasteiger partial charge in [-0.05, 0) is 81.1 Å². The van der Waals surface area contributed by atoms with E-state index in [1.54, 1.807) is 32.3 Å². The Labute approximate surface area is 224 Å². The molecule has 204 valence electrons. The summed E-state index contributed by atoms with van der Waals surface area (Å²) in [6.07, 6.45) is 4.29. The maximum Gasteiger partial charge on any atom is 0.335 e. The van der Waals surface area contributed by atoms with Crippen LogP contribution in [0.25, 0.3) is 16.7 Å². The molecule has 0 spiro atoms. The number of aryl methyl sites for hydroxylation is 2. The van der Waals surface area contributed by atoms with Gasteiger partial charge in [-0.15, -0.1) is 0 Å². The molecule has 8 nitrogen and oxygen atoms in total. The van der Waals surface area contributed by atoms with Gasteiger partial charge in [-0.3, -0.25) is 14.3 Å². The van der Waals surface area contributed by atoms with Crippen molar-refractivity contribution in [1.82, 2.24) is 19.0 Å². The first-order valence-electron chi connectivity index (χ1n) is 12.9. The second-order valence-corrected chi connectivity index (χ2v) is 10.2. The number of nitrogens with one attached hydrogen (secondary N) is 1. The fourth-order valence-corrected chi connectivity index (χ4v) is 5.88. The highest BCUT2D eigenvalue weighted by Crippen LogP contribution is 2.36. The van der Waals surface area contributed by atoms with Crippen molar-refractivity contribution in [3.63, 3.8) is 0 Å². The number of aromatic carboxylic acids is 1. The van der Waals surface area contributed by atoms with Crippen molar-refractivity contribution in [2.24, 2.45) is 7.05 Å². The number of nitrogens with zero attached hydrogens (tertiary/aromatic N) is 4. The predicted octanol–water partition coefficient (Wildman–Crippen LogP) is 4.99. The molecule has 0 amide bonds. The van der Waals surface area contributed by atoms with Crippen molar-refractivity contribution in [2.45, 2.75) is 38.6 Å². The lowest BCUT2D eigenvalue weighted by molar-refractivity contribution is 0.0696. The van der Waals surface area contributed by atoms with Crippen molar-refractivity contribution in [3.05, 3.63) is 87.1 Å². The average molecular weight is 536 g/mol. The van der Waals surface area contributed by atoms with Crippen LogP contribution in [0.1, 0.15) is 58.9 Å². The summed E-state index contributed by atoms with van der Waals surface area (Å²) in [6, 6.07) is 7.60. The summed E-state index contributed by atoms with van der Waals surface area (Å²) in [5.41, 5.74) is 3.25. The topological polar surface area (TPSA) is 92.4 Å². The van der Waals surface area contributed by atoms with Crippen LogP contribution < -0.4 is 10.9 Å². The Balaban J connectivity index is 1.41. The number of piperidine rings is 1. The molecule has 4 aromatic rings. The van der Waals surface area contributed by atoms with Gasteiger partial charge < -0.3 is 15.0 Å². The number of likely N-dealkylation sites (tertiary alicyclic amines) is 1. The van der Waals surface area contributed by atoms with Crippen LogP contribution in [0.5, 0.6) is 0 Å². The normalized spacial score (nSPS) is 15.5. The molecule has 0 saturated carbocycles. The number of anilines is 1. The van der Waals surface area contributed by atoms with Crippen molar-refractivity contribution in [3.8, 4) is 5.69 Å². The Kier molecular flexibility index (Phi) is 6.98. The monoisotopic (exact) mass is 535 g/mol. The molecule has 1 aromatic carbocycles. The van der Waals surface area contributed by atoms with Gasteiger partial charge in [-0.2, -0.15) is 0 Å². The zero-order valence-electron chi connectivity index (χ0n) is 22.3. The van der Waals surface area contributed by atoms with Crippen molar-refractivity contribution < 1.29 is 18.7 Å². The van der Waals surface area contributed by atoms with Gasteiger partial charge in [0.1, 0.15) is 11.5 Å². The molecule has 1 atom stereocenters. The van der Waals surface area contributed by atoms with E-state index in [0.717, 1.165) is 43.1 Å². The van der Waals surface area contributed by atoms with Crippen molar-refractivity contribution in [2.75, 3.05) is 25.5 Å². The van der Waals surface area contributed by atoms with Crippen LogP contribution in [-0.2, 0) is 7.05 Å². The number of carboxylic acids is 1. The molecule has 0 aliphatic carbocycles. The number of rotatable bonds is 6. The second kappa shape index (κ2) is 10.3. The van der Waals surface area contributed by atoms with E-state index in [-0.39, 0.29) is 28.8 Å². The van der Waals surface area contributed by atoms with Gasteiger partial charge in [0.25, 0.3) is 5.56 Å².